The summed E-state index contributed by atoms with van der Waals surface area (Å²) in [6.45, 7) is 0. The van der Waals surface area contributed by atoms with Gasteiger partial charge in [0.15, 0.2) is 0 Å². The standard InChI is InChI=1S/C52H37N/c1-3-13-38(14-4-1)39-25-27-40(28-26-39)41-29-33-47(34-30-41)53(52-24-10-9-22-51(52)44-15-5-2-6-16-44)48-35-31-42(32-36-48)45-19-11-20-46(37-45)50-23-12-18-43-17-7-8-21-49(43)50/h1-37H/i29D,30D,33D,34D. The van der Waals surface area contributed by atoms with Gasteiger partial charge in [0, 0.05) is 16.9 Å². The van der Waals surface area contributed by atoms with Gasteiger partial charge in [0.05, 0.1) is 11.2 Å². The largest absolute Gasteiger partial charge is 0.310 e. The third-order valence-corrected chi connectivity index (χ3v) is 9.77. The highest BCUT2D eigenvalue weighted by Gasteiger charge is 2.17. The van der Waals surface area contributed by atoms with Gasteiger partial charge < -0.3 is 4.90 Å². The van der Waals surface area contributed by atoms with Crippen molar-refractivity contribution in [1.82, 2.24) is 0 Å². The number of hydrogen-bond acceptors (Lipinski definition) is 1. The number of fused-ring (bicyclic) bond motifs is 1. The SMILES string of the molecule is [2H]c1c([2H])c(N(c2ccc(-c3cccc(-c4cccc5ccccc45)c3)cc2)c2ccccc2-c2ccccc2)c([2H])c([2H])c1-c1ccc(-c2ccccc2)cc1. The smallest absolute Gasteiger partial charge is 0.0645 e. The fourth-order valence-corrected chi connectivity index (χ4v) is 7.09. The van der Waals surface area contributed by atoms with E-state index < -0.39 is 0 Å². The van der Waals surface area contributed by atoms with Crippen LogP contribution >= 0.6 is 0 Å². The first kappa shape index (κ1) is 27.7. The van der Waals surface area contributed by atoms with Crippen LogP contribution in [0.25, 0.3) is 66.4 Å². The lowest BCUT2D eigenvalue weighted by atomic mass is 9.95. The Hall–Kier alpha value is -6.96. The normalized spacial score (nSPS) is 12.1. The van der Waals surface area contributed by atoms with Gasteiger partial charge in [-0.3, -0.25) is 0 Å². The molecule has 0 aliphatic rings. The first-order valence-electron chi connectivity index (χ1n) is 19.9. The Bertz CT molecular complexity index is 2840. The van der Waals surface area contributed by atoms with Crippen LogP contribution in [0.15, 0.2) is 224 Å². The van der Waals surface area contributed by atoms with Gasteiger partial charge in [0.25, 0.3) is 0 Å². The summed E-state index contributed by atoms with van der Waals surface area (Å²) in [6.07, 6.45) is 0. The van der Waals surface area contributed by atoms with Gasteiger partial charge in [-0.05, 0) is 97.2 Å². The van der Waals surface area contributed by atoms with Crippen molar-refractivity contribution in [2.45, 2.75) is 0 Å². The van der Waals surface area contributed by atoms with Crippen molar-refractivity contribution in [2.75, 3.05) is 4.90 Å². The fourth-order valence-electron chi connectivity index (χ4n) is 7.09. The van der Waals surface area contributed by atoms with Crippen molar-refractivity contribution in [2.24, 2.45) is 0 Å². The molecule has 0 aromatic heterocycles. The molecule has 0 aliphatic carbocycles. The highest BCUT2D eigenvalue weighted by atomic mass is 15.1. The van der Waals surface area contributed by atoms with E-state index in [0.29, 0.717) is 11.3 Å². The van der Waals surface area contributed by atoms with Crippen LogP contribution in [0.1, 0.15) is 5.48 Å². The van der Waals surface area contributed by atoms with Crippen molar-refractivity contribution in [3.05, 3.63) is 224 Å². The van der Waals surface area contributed by atoms with E-state index in [1.165, 1.54) is 16.3 Å². The van der Waals surface area contributed by atoms with E-state index in [9.17, 15) is 5.48 Å². The Morgan fingerprint density at radius 1 is 0.302 bits per heavy atom. The first-order chi connectivity index (χ1) is 28.0. The van der Waals surface area contributed by atoms with E-state index in [-0.39, 0.29) is 35.4 Å². The molecular weight excluding hydrogens is 639 g/mol. The summed E-state index contributed by atoms with van der Waals surface area (Å²) >= 11 is 0. The predicted molar refractivity (Wildman–Crippen MR) is 226 cm³/mol. The molecule has 0 unspecified atom stereocenters. The molecular formula is C52H37N. The average Bonchev–Trinajstić information content (AvgIpc) is 3.28. The second kappa shape index (κ2) is 14.3. The van der Waals surface area contributed by atoms with Gasteiger partial charge in [-0.2, -0.15) is 0 Å². The van der Waals surface area contributed by atoms with Gasteiger partial charge in [0.1, 0.15) is 0 Å². The Morgan fingerprint density at radius 3 is 1.55 bits per heavy atom. The monoisotopic (exact) mass is 679 g/mol. The minimum Gasteiger partial charge on any atom is -0.310 e. The van der Waals surface area contributed by atoms with E-state index in [0.717, 1.165) is 44.6 Å². The maximum atomic E-state index is 9.51. The zero-order chi connectivity index (χ0) is 38.9. The first-order valence-corrected chi connectivity index (χ1v) is 17.9. The summed E-state index contributed by atoms with van der Waals surface area (Å²) in [5.74, 6) is 0. The molecule has 0 amide bonds. The Labute approximate surface area is 317 Å². The zero-order valence-corrected chi connectivity index (χ0v) is 29.0. The van der Waals surface area contributed by atoms with E-state index in [1.807, 2.05) is 126 Å². The topological polar surface area (TPSA) is 3.24 Å². The van der Waals surface area contributed by atoms with Crippen LogP contribution in [0.4, 0.5) is 17.1 Å². The van der Waals surface area contributed by atoms with Gasteiger partial charge in [0.2, 0.25) is 0 Å². The maximum absolute atomic E-state index is 9.51. The molecule has 0 heterocycles. The number of rotatable bonds is 8. The molecule has 0 saturated heterocycles. The third-order valence-electron chi connectivity index (χ3n) is 9.77. The molecule has 9 rings (SSSR count). The number of anilines is 3. The molecule has 1 heteroatoms. The van der Waals surface area contributed by atoms with Crippen LogP contribution in [0.3, 0.4) is 0 Å². The molecule has 0 bridgehead atoms. The number of para-hydroxylation sites is 1. The molecule has 0 fully saturated rings. The van der Waals surface area contributed by atoms with Crippen molar-refractivity contribution < 1.29 is 5.48 Å². The van der Waals surface area contributed by atoms with Crippen LogP contribution in [-0.4, -0.2) is 0 Å². The molecule has 0 N–H and O–H groups in total. The van der Waals surface area contributed by atoms with E-state index in [4.69, 9.17) is 0 Å². The molecule has 53 heavy (non-hydrogen) atoms. The van der Waals surface area contributed by atoms with E-state index >= 15 is 0 Å². The van der Waals surface area contributed by atoms with Crippen LogP contribution in [0.5, 0.6) is 0 Å². The lowest BCUT2D eigenvalue weighted by molar-refractivity contribution is 1.28. The molecule has 0 atom stereocenters. The Kier molecular flexibility index (Phi) is 7.50. The maximum Gasteiger partial charge on any atom is 0.0645 e. The lowest BCUT2D eigenvalue weighted by Gasteiger charge is -2.28. The van der Waals surface area contributed by atoms with Crippen LogP contribution in [-0.2, 0) is 0 Å². The highest BCUT2D eigenvalue weighted by Crippen LogP contribution is 2.42. The van der Waals surface area contributed by atoms with Crippen molar-refractivity contribution in [1.29, 1.82) is 0 Å². The predicted octanol–water partition coefficient (Wildman–Crippen LogP) is 14.6. The summed E-state index contributed by atoms with van der Waals surface area (Å²) in [5, 5.41) is 2.40. The van der Waals surface area contributed by atoms with E-state index in [2.05, 4.69) is 78.9 Å². The van der Waals surface area contributed by atoms with Gasteiger partial charge in [-0.15, -0.1) is 0 Å². The van der Waals surface area contributed by atoms with Crippen LogP contribution in [0, 0.1) is 0 Å². The van der Waals surface area contributed by atoms with Gasteiger partial charge >= 0.3 is 0 Å². The molecule has 9 aromatic carbocycles. The molecule has 0 saturated carbocycles. The molecule has 250 valence electrons. The third kappa shape index (κ3) is 6.53. The summed E-state index contributed by atoms with van der Waals surface area (Å²) in [6, 6.07) is 66.8. The van der Waals surface area contributed by atoms with Crippen molar-refractivity contribution in [3.63, 3.8) is 0 Å². The highest BCUT2D eigenvalue weighted by molar-refractivity contribution is 5.97. The summed E-state index contributed by atoms with van der Waals surface area (Å²) in [7, 11) is 0. The Balaban J connectivity index is 1.16. The Morgan fingerprint density at radius 2 is 0.792 bits per heavy atom. The zero-order valence-electron chi connectivity index (χ0n) is 33.0. The summed E-state index contributed by atoms with van der Waals surface area (Å²) in [5.41, 5.74) is 10.9. The molecule has 0 radical (unpaired) electrons. The van der Waals surface area contributed by atoms with E-state index in [1.54, 1.807) is 0 Å². The quantitative estimate of drug-likeness (QED) is 0.154. The lowest BCUT2D eigenvalue weighted by Crippen LogP contribution is -2.11. The van der Waals surface area contributed by atoms with Crippen LogP contribution in [0.2, 0.25) is 0 Å². The van der Waals surface area contributed by atoms with Gasteiger partial charge in [-0.1, -0.05) is 188 Å². The van der Waals surface area contributed by atoms with Crippen molar-refractivity contribution >= 4 is 27.8 Å². The second-order valence-corrected chi connectivity index (χ2v) is 13.0. The number of nitrogens with zero attached hydrogens (tertiary/aromatic N) is 1. The number of benzene rings is 9. The fraction of sp³-hybridized carbons (Fsp3) is 0. The molecule has 9 aromatic rings. The average molecular weight is 680 g/mol. The summed E-state index contributed by atoms with van der Waals surface area (Å²) < 4.78 is 37.7. The molecule has 0 spiro atoms. The summed E-state index contributed by atoms with van der Waals surface area (Å²) in [4.78, 5) is 1.88. The minimum atomic E-state index is -0.118. The van der Waals surface area contributed by atoms with Crippen molar-refractivity contribution in [3.8, 4) is 55.6 Å². The minimum absolute atomic E-state index is 0.0949. The molecule has 1 nitrogen and oxygen atoms in total. The molecule has 0 aliphatic heterocycles. The number of hydrogen-bond donors (Lipinski definition) is 0. The second-order valence-electron chi connectivity index (χ2n) is 13.0. The van der Waals surface area contributed by atoms with Crippen LogP contribution < -0.4 is 4.90 Å². The van der Waals surface area contributed by atoms with Gasteiger partial charge in [-0.25, -0.2) is 0 Å².